The number of nitrogens with zero attached hydrogens (tertiary/aromatic N) is 3. The van der Waals surface area contributed by atoms with Crippen LogP contribution in [-0.4, -0.2) is 25.1 Å². The molecule has 8 nitrogen and oxygen atoms in total. The van der Waals surface area contributed by atoms with Gasteiger partial charge in [0, 0.05) is 12.5 Å². The Morgan fingerprint density at radius 3 is 2.48 bits per heavy atom. The van der Waals surface area contributed by atoms with E-state index in [-0.39, 0.29) is 29.8 Å². The van der Waals surface area contributed by atoms with Gasteiger partial charge in [-0.05, 0) is 40.0 Å². The number of fused-ring (bicyclic) bond motifs is 1. The van der Waals surface area contributed by atoms with Crippen LogP contribution in [0, 0.1) is 5.41 Å². The van der Waals surface area contributed by atoms with Crippen LogP contribution in [0.3, 0.4) is 0 Å². The fourth-order valence-corrected chi connectivity index (χ4v) is 3.56. The number of carbonyl (C=O) groups is 1. The van der Waals surface area contributed by atoms with Crippen molar-refractivity contribution in [1.82, 2.24) is 19.1 Å². The van der Waals surface area contributed by atoms with E-state index in [1.807, 2.05) is 6.92 Å². The highest BCUT2D eigenvalue weighted by molar-refractivity contribution is 5.75. The monoisotopic (exact) mass is 376 g/mol. The summed E-state index contributed by atoms with van der Waals surface area (Å²) < 4.78 is 8.35. The van der Waals surface area contributed by atoms with E-state index in [2.05, 4.69) is 9.97 Å². The van der Waals surface area contributed by atoms with Crippen LogP contribution in [0.2, 0.25) is 0 Å². The summed E-state index contributed by atoms with van der Waals surface area (Å²) in [6, 6.07) is 0. The van der Waals surface area contributed by atoms with Crippen LogP contribution in [0.5, 0.6) is 0 Å². The SMILES string of the molecule is CCCn1c(=O)[nH]c2nc(C3CCCC3)n(COC(=O)C(C)(C)C)c2c1=O. The van der Waals surface area contributed by atoms with Crippen LogP contribution in [0.15, 0.2) is 9.59 Å². The molecule has 0 saturated heterocycles. The molecule has 0 atom stereocenters. The van der Waals surface area contributed by atoms with Gasteiger partial charge in [-0.15, -0.1) is 0 Å². The molecule has 0 amide bonds. The van der Waals surface area contributed by atoms with Crippen molar-refractivity contribution in [2.45, 2.75) is 79.0 Å². The molecule has 0 spiro atoms. The molecule has 1 aliphatic carbocycles. The van der Waals surface area contributed by atoms with Gasteiger partial charge >= 0.3 is 11.7 Å². The van der Waals surface area contributed by atoms with Crippen molar-refractivity contribution in [3.05, 3.63) is 26.7 Å². The average molecular weight is 376 g/mol. The summed E-state index contributed by atoms with van der Waals surface area (Å²) in [6.45, 7) is 7.50. The zero-order chi connectivity index (χ0) is 19.8. The first-order valence-electron chi connectivity index (χ1n) is 9.64. The Hall–Kier alpha value is -2.38. The highest BCUT2D eigenvalue weighted by atomic mass is 16.5. The normalized spacial score (nSPS) is 15.6. The highest BCUT2D eigenvalue weighted by Gasteiger charge is 2.28. The molecule has 1 saturated carbocycles. The third-order valence-corrected chi connectivity index (χ3v) is 5.02. The third kappa shape index (κ3) is 3.70. The predicted octanol–water partition coefficient (Wildman–Crippen LogP) is 2.50. The van der Waals surface area contributed by atoms with Crippen LogP contribution in [0.25, 0.3) is 11.2 Å². The van der Waals surface area contributed by atoms with Crippen molar-refractivity contribution < 1.29 is 9.53 Å². The minimum Gasteiger partial charge on any atom is -0.443 e. The molecule has 3 rings (SSSR count). The summed E-state index contributed by atoms with van der Waals surface area (Å²) in [6.07, 6.45) is 4.82. The topological polar surface area (TPSA) is 99.0 Å². The van der Waals surface area contributed by atoms with Gasteiger partial charge in [0.2, 0.25) is 0 Å². The molecule has 1 aliphatic rings. The van der Waals surface area contributed by atoms with E-state index in [1.54, 1.807) is 25.3 Å². The van der Waals surface area contributed by atoms with Gasteiger partial charge in [0.05, 0.1) is 5.41 Å². The maximum Gasteiger partial charge on any atom is 0.330 e. The second-order valence-electron chi connectivity index (χ2n) is 8.27. The Morgan fingerprint density at radius 2 is 1.89 bits per heavy atom. The van der Waals surface area contributed by atoms with Gasteiger partial charge in [-0.2, -0.15) is 0 Å². The second-order valence-corrected chi connectivity index (χ2v) is 8.27. The van der Waals surface area contributed by atoms with E-state index < -0.39 is 11.1 Å². The molecule has 1 N–H and O–H groups in total. The van der Waals surface area contributed by atoms with Crippen molar-refractivity contribution in [2.75, 3.05) is 0 Å². The first-order chi connectivity index (χ1) is 12.7. The lowest BCUT2D eigenvalue weighted by molar-refractivity contribution is -0.156. The Labute approximate surface area is 157 Å². The van der Waals surface area contributed by atoms with Crippen LogP contribution >= 0.6 is 0 Å². The van der Waals surface area contributed by atoms with Crippen molar-refractivity contribution in [2.24, 2.45) is 5.41 Å². The largest absolute Gasteiger partial charge is 0.443 e. The third-order valence-electron chi connectivity index (χ3n) is 5.02. The molecule has 0 unspecified atom stereocenters. The quantitative estimate of drug-likeness (QED) is 0.808. The molecule has 0 aliphatic heterocycles. The maximum atomic E-state index is 13.0. The number of aromatic amines is 1. The van der Waals surface area contributed by atoms with E-state index in [1.165, 1.54) is 4.57 Å². The van der Waals surface area contributed by atoms with Crippen molar-refractivity contribution in [1.29, 1.82) is 0 Å². The van der Waals surface area contributed by atoms with E-state index in [9.17, 15) is 14.4 Å². The molecule has 27 heavy (non-hydrogen) atoms. The summed E-state index contributed by atoms with van der Waals surface area (Å²) >= 11 is 0. The minimum atomic E-state index is -0.638. The predicted molar refractivity (Wildman–Crippen MR) is 102 cm³/mol. The number of imidazole rings is 1. The second kappa shape index (κ2) is 7.32. The van der Waals surface area contributed by atoms with Gasteiger partial charge in [0.1, 0.15) is 5.82 Å². The van der Waals surface area contributed by atoms with Gasteiger partial charge in [-0.25, -0.2) is 9.78 Å². The molecule has 0 aromatic carbocycles. The van der Waals surface area contributed by atoms with E-state index in [0.717, 1.165) is 25.7 Å². The molecule has 1 fully saturated rings. The fourth-order valence-electron chi connectivity index (χ4n) is 3.56. The van der Waals surface area contributed by atoms with Crippen molar-refractivity contribution >= 4 is 17.1 Å². The van der Waals surface area contributed by atoms with Crippen LogP contribution in [0.1, 0.15) is 71.5 Å². The molecular formula is C19H28N4O4. The molecule has 2 aromatic heterocycles. The number of aromatic nitrogens is 4. The van der Waals surface area contributed by atoms with Gasteiger partial charge in [0.15, 0.2) is 17.9 Å². The standard InChI is InChI=1S/C19H28N4O4/c1-5-10-22-16(24)13-14(21-18(22)26)20-15(12-8-6-7-9-12)23(13)11-27-17(25)19(2,3)4/h12H,5-11H2,1-4H3,(H,21,26). The Balaban J connectivity index is 2.12. The van der Waals surface area contributed by atoms with Gasteiger partial charge in [0.25, 0.3) is 5.56 Å². The van der Waals surface area contributed by atoms with Crippen molar-refractivity contribution in [3.63, 3.8) is 0 Å². The first-order valence-corrected chi connectivity index (χ1v) is 9.64. The van der Waals surface area contributed by atoms with E-state index in [4.69, 9.17) is 4.74 Å². The fraction of sp³-hybridized carbons (Fsp3) is 0.684. The number of hydrogen-bond acceptors (Lipinski definition) is 5. The molecule has 8 heteroatoms. The lowest BCUT2D eigenvalue weighted by Crippen LogP contribution is -2.36. The summed E-state index contributed by atoms with van der Waals surface area (Å²) in [5, 5.41) is 0. The van der Waals surface area contributed by atoms with E-state index >= 15 is 0 Å². The summed E-state index contributed by atoms with van der Waals surface area (Å²) in [7, 11) is 0. The lowest BCUT2D eigenvalue weighted by atomic mass is 9.98. The van der Waals surface area contributed by atoms with Gasteiger partial charge in [-0.3, -0.25) is 23.7 Å². The minimum absolute atomic E-state index is 0.0775. The number of nitrogens with one attached hydrogen (secondary N) is 1. The average Bonchev–Trinajstić information content (AvgIpc) is 3.22. The first kappa shape index (κ1) is 19.4. The molecule has 2 aromatic rings. The lowest BCUT2D eigenvalue weighted by Gasteiger charge is -2.19. The molecule has 2 heterocycles. The van der Waals surface area contributed by atoms with Gasteiger partial charge in [-0.1, -0.05) is 19.8 Å². The molecule has 0 bridgehead atoms. The number of ether oxygens (including phenoxy) is 1. The summed E-state index contributed by atoms with van der Waals surface area (Å²) in [4.78, 5) is 44.7. The van der Waals surface area contributed by atoms with Crippen LogP contribution in [0.4, 0.5) is 0 Å². The number of hydrogen-bond donors (Lipinski definition) is 1. The Morgan fingerprint density at radius 1 is 1.22 bits per heavy atom. The van der Waals surface area contributed by atoms with Crippen molar-refractivity contribution in [3.8, 4) is 0 Å². The number of rotatable bonds is 5. The number of carbonyl (C=O) groups excluding carboxylic acids is 1. The summed E-state index contributed by atoms with van der Waals surface area (Å²) in [5.74, 6) is 0.569. The zero-order valence-electron chi connectivity index (χ0n) is 16.5. The smallest absolute Gasteiger partial charge is 0.330 e. The Bertz CT molecular complexity index is 955. The molecule has 148 valence electrons. The molecule has 0 radical (unpaired) electrons. The summed E-state index contributed by atoms with van der Waals surface area (Å²) in [5.41, 5.74) is -0.916. The van der Waals surface area contributed by atoms with Crippen LogP contribution < -0.4 is 11.2 Å². The Kier molecular flexibility index (Phi) is 5.26. The molecular weight excluding hydrogens is 348 g/mol. The number of H-pyrrole nitrogens is 1. The van der Waals surface area contributed by atoms with Crippen LogP contribution in [-0.2, 0) is 22.8 Å². The highest BCUT2D eigenvalue weighted by Crippen LogP contribution is 2.34. The van der Waals surface area contributed by atoms with Gasteiger partial charge < -0.3 is 4.74 Å². The maximum absolute atomic E-state index is 13.0. The number of esters is 1. The zero-order valence-corrected chi connectivity index (χ0v) is 16.5. The van der Waals surface area contributed by atoms with E-state index in [0.29, 0.717) is 24.3 Å².